The molecule has 0 radical (unpaired) electrons. The molecule has 0 amide bonds. The molecule has 186 valence electrons. The fourth-order valence-corrected chi connectivity index (χ4v) is 4.47. The summed E-state index contributed by atoms with van der Waals surface area (Å²) in [6, 6.07) is 9.94. The van der Waals surface area contributed by atoms with Gasteiger partial charge in [0, 0.05) is 37.0 Å². The van der Waals surface area contributed by atoms with Crippen molar-refractivity contribution in [3.63, 3.8) is 0 Å². The first-order chi connectivity index (χ1) is 17.6. The predicted octanol–water partition coefficient (Wildman–Crippen LogP) is 2.67. The van der Waals surface area contributed by atoms with E-state index in [0.717, 1.165) is 35.5 Å². The van der Waals surface area contributed by atoms with Crippen LogP contribution in [0.1, 0.15) is 22.6 Å². The van der Waals surface area contributed by atoms with E-state index in [1.165, 1.54) is 0 Å². The number of nitrogens with zero attached hydrogens (tertiary/aromatic N) is 5. The standard InChI is InChI=1S/C26H29N7O3/c1-16-7-23(25(30-11-16)36-15-20-14-35-6-5-33(20)2)32-26-28-4-3-22(31-26)17-8-18(10-27)24-21(9-17)19(13-34)12-29-24/h3-4,7-9,11,19-20,29,34H,5-6,12-15H2,1-2H3,(H,28,31,32). The molecule has 36 heavy (non-hydrogen) atoms. The number of ether oxygens (including phenoxy) is 2. The number of aryl methyl sites for hydroxylation is 1. The number of aliphatic hydroxyl groups excluding tert-OH is 1. The number of nitrogens with one attached hydrogen (secondary N) is 2. The van der Waals surface area contributed by atoms with Crippen LogP contribution >= 0.6 is 0 Å². The lowest BCUT2D eigenvalue weighted by atomic mass is 9.96. The monoisotopic (exact) mass is 487 g/mol. The van der Waals surface area contributed by atoms with E-state index in [0.29, 0.717) is 48.5 Å². The fourth-order valence-electron chi connectivity index (χ4n) is 4.47. The summed E-state index contributed by atoms with van der Waals surface area (Å²) in [5.74, 6) is 0.798. The third-order valence-electron chi connectivity index (χ3n) is 6.59. The van der Waals surface area contributed by atoms with E-state index in [4.69, 9.17) is 14.5 Å². The van der Waals surface area contributed by atoms with Gasteiger partial charge in [0.2, 0.25) is 11.8 Å². The van der Waals surface area contributed by atoms with Crippen LogP contribution in [0.3, 0.4) is 0 Å². The van der Waals surface area contributed by atoms with E-state index < -0.39 is 0 Å². The Bertz CT molecular complexity index is 1290. The Morgan fingerprint density at radius 2 is 2.22 bits per heavy atom. The number of fused-ring (bicyclic) bond motifs is 1. The Morgan fingerprint density at radius 1 is 1.33 bits per heavy atom. The van der Waals surface area contributed by atoms with Crippen LogP contribution in [-0.4, -0.2) is 77.6 Å². The van der Waals surface area contributed by atoms with Gasteiger partial charge in [-0.1, -0.05) is 0 Å². The molecule has 10 heteroatoms. The molecule has 2 atom stereocenters. The number of aliphatic hydroxyl groups is 1. The second-order valence-electron chi connectivity index (χ2n) is 9.14. The average Bonchev–Trinajstić information content (AvgIpc) is 3.32. The minimum atomic E-state index is -0.0573. The van der Waals surface area contributed by atoms with E-state index in [-0.39, 0.29) is 18.6 Å². The summed E-state index contributed by atoms with van der Waals surface area (Å²) in [7, 11) is 2.06. The summed E-state index contributed by atoms with van der Waals surface area (Å²) in [4.78, 5) is 15.8. The van der Waals surface area contributed by atoms with Gasteiger partial charge in [-0.3, -0.25) is 4.90 Å². The predicted molar refractivity (Wildman–Crippen MR) is 135 cm³/mol. The number of morpholine rings is 1. The molecule has 0 spiro atoms. The zero-order valence-electron chi connectivity index (χ0n) is 20.4. The number of nitriles is 1. The summed E-state index contributed by atoms with van der Waals surface area (Å²) in [5.41, 5.74) is 5.34. The average molecular weight is 488 g/mol. The van der Waals surface area contributed by atoms with Crippen molar-refractivity contribution in [3.8, 4) is 23.2 Å². The molecule has 0 saturated carbocycles. The van der Waals surface area contributed by atoms with Crippen molar-refractivity contribution in [2.24, 2.45) is 0 Å². The van der Waals surface area contributed by atoms with Gasteiger partial charge >= 0.3 is 0 Å². The molecule has 3 aromatic rings. The van der Waals surface area contributed by atoms with Gasteiger partial charge in [0.15, 0.2) is 0 Å². The maximum atomic E-state index is 9.75. The van der Waals surface area contributed by atoms with Crippen molar-refractivity contribution < 1.29 is 14.6 Å². The second-order valence-corrected chi connectivity index (χ2v) is 9.14. The van der Waals surface area contributed by atoms with Crippen LogP contribution in [0.15, 0.2) is 36.7 Å². The lowest BCUT2D eigenvalue weighted by Gasteiger charge is -2.32. The van der Waals surface area contributed by atoms with Crippen molar-refractivity contribution in [1.29, 1.82) is 5.26 Å². The van der Waals surface area contributed by atoms with E-state index in [1.54, 1.807) is 18.5 Å². The summed E-state index contributed by atoms with van der Waals surface area (Å²) in [6.45, 7) is 5.24. The number of likely N-dealkylation sites (N-methyl/N-ethyl adjacent to an activating group) is 1. The van der Waals surface area contributed by atoms with Crippen LogP contribution < -0.4 is 15.4 Å². The normalized spacial score (nSPS) is 19.3. The maximum Gasteiger partial charge on any atom is 0.237 e. The van der Waals surface area contributed by atoms with Gasteiger partial charge in [0.25, 0.3) is 0 Å². The smallest absolute Gasteiger partial charge is 0.237 e. The van der Waals surface area contributed by atoms with Gasteiger partial charge in [-0.05, 0) is 49.4 Å². The summed E-state index contributed by atoms with van der Waals surface area (Å²) < 4.78 is 11.7. The molecule has 2 aliphatic rings. The Hall–Kier alpha value is -3.78. The van der Waals surface area contributed by atoms with Crippen molar-refractivity contribution in [2.75, 3.05) is 57.2 Å². The number of rotatable bonds is 7. The minimum Gasteiger partial charge on any atom is -0.474 e. The van der Waals surface area contributed by atoms with Crippen LogP contribution in [0, 0.1) is 18.3 Å². The molecule has 3 N–H and O–H groups in total. The molecule has 10 nitrogen and oxygen atoms in total. The quantitative estimate of drug-likeness (QED) is 0.457. The number of benzene rings is 1. The molecule has 1 fully saturated rings. The largest absolute Gasteiger partial charge is 0.474 e. The zero-order valence-corrected chi connectivity index (χ0v) is 20.4. The van der Waals surface area contributed by atoms with Crippen molar-refractivity contribution in [1.82, 2.24) is 19.9 Å². The highest BCUT2D eigenvalue weighted by molar-refractivity contribution is 5.75. The summed E-state index contributed by atoms with van der Waals surface area (Å²) in [5, 5.41) is 25.9. The van der Waals surface area contributed by atoms with Crippen LogP contribution in [-0.2, 0) is 4.74 Å². The molecule has 1 aromatic carbocycles. The van der Waals surface area contributed by atoms with Crippen LogP contribution in [0.2, 0.25) is 0 Å². The van der Waals surface area contributed by atoms with Crippen LogP contribution in [0.5, 0.6) is 5.88 Å². The van der Waals surface area contributed by atoms with Crippen molar-refractivity contribution >= 4 is 17.3 Å². The van der Waals surface area contributed by atoms with E-state index in [2.05, 4.69) is 38.6 Å². The van der Waals surface area contributed by atoms with Gasteiger partial charge < -0.3 is 25.2 Å². The van der Waals surface area contributed by atoms with Gasteiger partial charge in [-0.25, -0.2) is 15.0 Å². The van der Waals surface area contributed by atoms with Crippen molar-refractivity contribution in [3.05, 3.63) is 53.3 Å². The second kappa shape index (κ2) is 10.5. The molecule has 1 saturated heterocycles. The molecular formula is C26H29N7O3. The topological polar surface area (TPSA) is 128 Å². The molecule has 5 rings (SSSR count). The molecule has 2 unspecified atom stereocenters. The van der Waals surface area contributed by atoms with Gasteiger partial charge in [0.05, 0.1) is 42.8 Å². The first kappa shape index (κ1) is 23.9. The summed E-state index contributed by atoms with van der Waals surface area (Å²) >= 11 is 0. The van der Waals surface area contributed by atoms with E-state index in [9.17, 15) is 10.4 Å². The number of hydrogen-bond acceptors (Lipinski definition) is 10. The van der Waals surface area contributed by atoms with E-state index >= 15 is 0 Å². The molecule has 4 heterocycles. The van der Waals surface area contributed by atoms with Crippen molar-refractivity contribution in [2.45, 2.75) is 18.9 Å². The lowest BCUT2D eigenvalue weighted by molar-refractivity contribution is -0.0112. The molecule has 0 aliphatic carbocycles. The first-order valence-corrected chi connectivity index (χ1v) is 12.0. The first-order valence-electron chi connectivity index (χ1n) is 12.0. The number of anilines is 3. The Labute approximate surface area is 209 Å². The lowest BCUT2D eigenvalue weighted by Crippen LogP contribution is -2.46. The number of aromatic nitrogens is 3. The van der Waals surface area contributed by atoms with Crippen LogP contribution in [0.25, 0.3) is 11.3 Å². The van der Waals surface area contributed by atoms with Gasteiger partial charge in [0.1, 0.15) is 18.4 Å². The Morgan fingerprint density at radius 3 is 3.03 bits per heavy atom. The van der Waals surface area contributed by atoms with Gasteiger partial charge in [-0.2, -0.15) is 5.26 Å². The number of hydrogen-bond donors (Lipinski definition) is 3. The minimum absolute atomic E-state index is 0.0107. The third-order valence-corrected chi connectivity index (χ3v) is 6.59. The van der Waals surface area contributed by atoms with E-state index in [1.807, 2.05) is 25.1 Å². The van der Waals surface area contributed by atoms with Crippen LogP contribution in [0.4, 0.5) is 17.3 Å². The maximum absolute atomic E-state index is 9.75. The number of pyridine rings is 1. The highest BCUT2D eigenvalue weighted by atomic mass is 16.5. The van der Waals surface area contributed by atoms with Gasteiger partial charge in [-0.15, -0.1) is 0 Å². The zero-order chi connectivity index (χ0) is 25.1. The third kappa shape index (κ3) is 4.95. The molecule has 2 aliphatic heterocycles. The molecule has 2 aromatic heterocycles. The fraction of sp³-hybridized carbons (Fsp3) is 0.385. The molecular weight excluding hydrogens is 458 g/mol. The highest BCUT2D eigenvalue weighted by Gasteiger charge is 2.25. The highest BCUT2D eigenvalue weighted by Crippen LogP contribution is 2.37. The summed E-state index contributed by atoms with van der Waals surface area (Å²) in [6.07, 6.45) is 3.43. The Kier molecular flexibility index (Phi) is 6.95. The Balaban J connectivity index is 1.40. The SMILES string of the molecule is Cc1cnc(OCC2COCCN2C)c(Nc2nccc(-c3cc(C#N)c4c(c3)C(CO)CN4)n2)c1. The molecule has 0 bridgehead atoms.